The van der Waals surface area contributed by atoms with Crippen LogP contribution in [0.3, 0.4) is 0 Å². The predicted octanol–water partition coefficient (Wildman–Crippen LogP) is 2.45. The van der Waals surface area contributed by atoms with E-state index >= 15 is 0 Å². The Bertz CT molecular complexity index is 365. The maximum absolute atomic E-state index is 11.3. The van der Waals surface area contributed by atoms with Gasteiger partial charge >= 0.3 is 5.97 Å². The fourth-order valence-electron chi connectivity index (χ4n) is 1.52. The molecule has 0 aliphatic rings. The molecule has 1 aromatic carbocycles. The first-order chi connectivity index (χ1) is 8.15. The summed E-state index contributed by atoms with van der Waals surface area (Å²) in [5.74, 6) is 0.605. The highest BCUT2D eigenvalue weighted by Gasteiger charge is 2.09. The number of hydrogen-bond acceptors (Lipinski definition) is 4. The summed E-state index contributed by atoms with van der Waals surface area (Å²) in [7, 11) is 1.63. The van der Waals surface area contributed by atoms with Crippen LogP contribution in [0.1, 0.15) is 20.3 Å². The largest absolute Gasteiger partial charge is 0.497 e. The molecule has 1 N–H and O–H groups in total. The van der Waals surface area contributed by atoms with Crippen molar-refractivity contribution in [2.24, 2.45) is 0 Å². The molecular formula is C13H19NO3. The SMILES string of the molecule is CCOC(=O)C[C@H](C)Nc1cccc(OC)c1. The van der Waals surface area contributed by atoms with Crippen molar-refractivity contribution in [3.05, 3.63) is 24.3 Å². The zero-order chi connectivity index (χ0) is 12.7. The van der Waals surface area contributed by atoms with Gasteiger partial charge in [0.25, 0.3) is 0 Å². The highest BCUT2D eigenvalue weighted by atomic mass is 16.5. The Morgan fingerprint density at radius 2 is 2.24 bits per heavy atom. The fourth-order valence-corrected chi connectivity index (χ4v) is 1.52. The van der Waals surface area contributed by atoms with Crippen LogP contribution in [0, 0.1) is 0 Å². The van der Waals surface area contributed by atoms with E-state index in [4.69, 9.17) is 9.47 Å². The van der Waals surface area contributed by atoms with Crippen LogP contribution in [0.2, 0.25) is 0 Å². The molecule has 0 unspecified atom stereocenters. The van der Waals surface area contributed by atoms with Crippen LogP contribution in [0.15, 0.2) is 24.3 Å². The Morgan fingerprint density at radius 1 is 1.47 bits per heavy atom. The topological polar surface area (TPSA) is 47.6 Å². The van der Waals surface area contributed by atoms with E-state index in [-0.39, 0.29) is 12.0 Å². The highest BCUT2D eigenvalue weighted by Crippen LogP contribution is 2.17. The van der Waals surface area contributed by atoms with E-state index in [9.17, 15) is 4.79 Å². The molecule has 1 aromatic rings. The van der Waals surface area contributed by atoms with Gasteiger partial charge in [-0.2, -0.15) is 0 Å². The third-order valence-electron chi connectivity index (χ3n) is 2.26. The van der Waals surface area contributed by atoms with E-state index in [2.05, 4.69) is 5.32 Å². The van der Waals surface area contributed by atoms with Crippen LogP contribution in [0.25, 0.3) is 0 Å². The molecule has 0 radical (unpaired) electrons. The van der Waals surface area contributed by atoms with E-state index in [1.165, 1.54) is 0 Å². The van der Waals surface area contributed by atoms with Crippen LogP contribution in [0.4, 0.5) is 5.69 Å². The minimum Gasteiger partial charge on any atom is -0.497 e. The molecule has 0 bridgehead atoms. The van der Waals surface area contributed by atoms with Crippen molar-refractivity contribution in [2.45, 2.75) is 26.3 Å². The van der Waals surface area contributed by atoms with Gasteiger partial charge in [0.05, 0.1) is 20.1 Å². The van der Waals surface area contributed by atoms with Gasteiger partial charge in [0.2, 0.25) is 0 Å². The number of anilines is 1. The number of benzene rings is 1. The van der Waals surface area contributed by atoms with E-state index in [1.54, 1.807) is 14.0 Å². The maximum Gasteiger partial charge on any atom is 0.307 e. The summed E-state index contributed by atoms with van der Waals surface area (Å²) < 4.78 is 10.0. The van der Waals surface area contributed by atoms with Gasteiger partial charge in [-0.05, 0) is 26.0 Å². The average Bonchev–Trinajstić information content (AvgIpc) is 2.29. The van der Waals surface area contributed by atoms with Gasteiger partial charge in [-0.1, -0.05) is 6.07 Å². The Hall–Kier alpha value is -1.71. The second-order valence-corrected chi connectivity index (χ2v) is 3.79. The van der Waals surface area contributed by atoms with Crippen molar-refractivity contribution in [1.29, 1.82) is 0 Å². The molecule has 4 nitrogen and oxygen atoms in total. The van der Waals surface area contributed by atoms with Gasteiger partial charge in [-0.15, -0.1) is 0 Å². The Kier molecular flexibility index (Phi) is 5.33. The molecule has 0 spiro atoms. The van der Waals surface area contributed by atoms with Gasteiger partial charge in [-0.25, -0.2) is 0 Å². The van der Waals surface area contributed by atoms with Crippen LogP contribution in [-0.4, -0.2) is 25.7 Å². The van der Waals surface area contributed by atoms with Crippen LogP contribution in [-0.2, 0) is 9.53 Å². The molecule has 0 aromatic heterocycles. The first kappa shape index (κ1) is 13.4. The molecule has 0 aliphatic heterocycles. The molecule has 94 valence electrons. The minimum absolute atomic E-state index is 0.0288. The monoisotopic (exact) mass is 237 g/mol. The molecule has 0 saturated carbocycles. The number of rotatable bonds is 6. The Balaban J connectivity index is 2.49. The van der Waals surface area contributed by atoms with E-state index in [1.807, 2.05) is 31.2 Å². The van der Waals surface area contributed by atoms with Crippen molar-refractivity contribution in [1.82, 2.24) is 0 Å². The van der Waals surface area contributed by atoms with Crippen LogP contribution < -0.4 is 10.1 Å². The number of carbonyl (C=O) groups is 1. The smallest absolute Gasteiger partial charge is 0.307 e. The summed E-state index contributed by atoms with van der Waals surface area (Å²) in [6, 6.07) is 7.63. The van der Waals surface area contributed by atoms with Gasteiger partial charge in [0.1, 0.15) is 5.75 Å². The molecule has 4 heteroatoms. The molecule has 0 aliphatic carbocycles. The van der Waals surface area contributed by atoms with Crippen LogP contribution in [0.5, 0.6) is 5.75 Å². The lowest BCUT2D eigenvalue weighted by Gasteiger charge is -2.14. The number of ether oxygens (including phenoxy) is 2. The van der Waals surface area contributed by atoms with E-state index < -0.39 is 0 Å². The normalized spacial score (nSPS) is 11.7. The predicted molar refractivity (Wildman–Crippen MR) is 67.3 cm³/mol. The summed E-state index contributed by atoms with van der Waals surface area (Å²) >= 11 is 0. The van der Waals surface area contributed by atoms with Gasteiger partial charge < -0.3 is 14.8 Å². The van der Waals surface area contributed by atoms with Crippen molar-refractivity contribution in [2.75, 3.05) is 19.0 Å². The molecule has 17 heavy (non-hydrogen) atoms. The standard InChI is InChI=1S/C13H19NO3/c1-4-17-13(15)8-10(2)14-11-6-5-7-12(9-11)16-3/h5-7,9-10,14H,4,8H2,1-3H3/t10-/m0/s1. The summed E-state index contributed by atoms with van der Waals surface area (Å²) in [6.07, 6.45) is 0.352. The molecule has 1 atom stereocenters. The zero-order valence-corrected chi connectivity index (χ0v) is 10.5. The quantitative estimate of drug-likeness (QED) is 0.772. The summed E-state index contributed by atoms with van der Waals surface area (Å²) in [5.41, 5.74) is 0.932. The minimum atomic E-state index is -0.185. The van der Waals surface area contributed by atoms with Crippen LogP contribution >= 0.6 is 0 Å². The number of carbonyl (C=O) groups excluding carboxylic acids is 1. The molecule has 1 rings (SSSR count). The fraction of sp³-hybridized carbons (Fsp3) is 0.462. The van der Waals surface area contributed by atoms with Gasteiger partial charge in [0, 0.05) is 17.8 Å². The highest BCUT2D eigenvalue weighted by molar-refractivity contribution is 5.70. The molecule has 0 heterocycles. The maximum atomic E-state index is 11.3. The number of methoxy groups -OCH3 is 1. The molecular weight excluding hydrogens is 218 g/mol. The lowest BCUT2D eigenvalue weighted by Crippen LogP contribution is -2.20. The van der Waals surface area contributed by atoms with E-state index in [0.29, 0.717) is 13.0 Å². The van der Waals surface area contributed by atoms with Crippen molar-refractivity contribution in [3.63, 3.8) is 0 Å². The van der Waals surface area contributed by atoms with Crippen molar-refractivity contribution >= 4 is 11.7 Å². The zero-order valence-electron chi connectivity index (χ0n) is 10.5. The Labute approximate surface area is 102 Å². The van der Waals surface area contributed by atoms with Gasteiger partial charge in [0.15, 0.2) is 0 Å². The average molecular weight is 237 g/mol. The second kappa shape index (κ2) is 6.78. The summed E-state index contributed by atoms with van der Waals surface area (Å²) in [4.78, 5) is 11.3. The lowest BCUT2D eigenvalue weighted by molar-refractivity contribution is -0.143. The second-order valence-electron chi connectivity index (χ2n) is 3.79. The molecule has 0 amide bonds. The van der Waals surface area contributed by atoms with E-state index in [0.717, 1.165) is 11.4 Å². The Morgan fingerprint density at radius 3 is 2.88 bits per heavy atom. The third-order valence-corrected chi connectivity index (χ3v) is 2.26. The molecule has 0 saturated heterocycles. The lowest BCUT2D eigenvalue weighted by atomic mass is 10.2. The number of nitrogens with one attached hydrogen (secondary N) is 1. The van der Waals surface area contributed by atoms with Gasteiger partial charge in [-0.3, -0.25) is 4.79 Å². The third kappa shape index (κ3) is 4.76. The first-order valence-electron chi connectivity index (χ1n) is 5.72. The van der Waals surface area contributed by atoms with Crippen molar-refractivity contribution < 1.29 is 14.3 Å². The first-order valence-corrected chi connectivity index (χ1v) is 5.72. The number of hydrogen-bond donors (Lipinski definition) is 1. The summed E-state index contributed by atoms with van der Waals surface area (Å²) in [6.45, 7) is 4.17. The summed E-state index contributed by atoms with van der Waals surface area (Å²) in [5, 5.41) is 3.23. The number of esters is 1. The van der Waals surface area contributed by atoms with Crippen molar-refractivity contribution in [3.8, 4) is 5.75 Å². The molecule has 0 fully saturated rings.